The average Bonchev–Trinajstić information content (AvgIpc) is 3.42. The molecule has 1 unspecified atom stereocenters. The maximum atomic E-state index is 12.8. The molecule has 220 valence electrons. The molecule has 4 rings (SSSR count). The molecule has 2 aromatic rings. The van der Waals surface area contributed by atoms with Crippen molar-refractivity contribution >= 4 is 28.9 Å². The molecule has 11 nitrogen and oxygen atoms in total. The fraction of sp³-hybridized carbons (Fsp3) is 0.567. The van der Waals surface area contributed by atoms with Crippen molar-refractivity contribution < 1.29 is 9.59 Å². The molecule has 0 aromatic carbocycles. The zero-order chi connectivity index (χ0) is 29.9. The van der Waals surface area contributed by atoms with E-state index >= 15 is 0 Å². The van der Waals surface area contributed by atoms with Crippen LogP contribution in [0.15, 0.2) is 46.1 Å². The second-order valence-corrected chi connectivity index (χ2v) is 12.3. The molecule has 0 radical (unpaired) electrons. The van der Waals surface area contributed by atoms with Gasteiger partial charge in [0.2, 0.25) is 0 Å². The summed E-state index contributed by atoms with van der Waals surface area (Å²) in [4.78, 5) is 42.8. The molecule has 1 fully saturated rings. The van der Waals surface area contributed by atoms with E-state index in [1.165, 1.54) is 6.20 Å². The number of pyridine rings is 2. The third-order valence-corrected chi connectivity index (χ3v) is 7.97. The third kappa shape index (κ3) is 7.32. The molecule has 0 bridgehead atoms. The van der Waals surface area contributed by atoms with Crippen LogP contribution in [0.5, 0.6) is 0 Å². The highest BCUT2D eigenvalue weighted by Crippen LogP contribution is 2.32. The first-order chi connectivity index (χ1) is 19.3. The van der Waals surface area contributed by atoms with Crippen molar-refractivity contribution in [2.24, 2.45) is 26.5 Å². The van der Waals surface area contributed by atoms with E-state index < -0.39 is 11.3 Å². The fourth-order valence-corrected chi connectivity index (χ4v) is 5.06. The number of aryl methyl sites for hydroxylation is 1. The van der Waals surface area contributed by atoms with Crippen molar-refractivity contribution in [3.05, 3.63) is 47.5 Å². The van der Waals surface area contributed by atoms with Crippen molar-refractivity contribution in [1.82, 2.24) is 14.9 Å². The highest BCUT2D eigenvalue weighted by molar-refractivity contribution is 6.09. The van der Waals surface area contributed by atoms with E-state index in [1.807, 2.05) is 19.3 Å². The molecule has 11 heteroatoms. The van der Waals surface area contributed by atoms with E-state index in [2.05, 4.69) is 62.1 Å². The van der Waals surface area contributed by atoms with Crippen LogP contribution in [0.3, 0.4) is 0 Å². The molecule has 2 aliphatic rings. The largest absolute Gasteiger partial charge is 0.387 e. The Balaban J connectivity index is 1.43. The Labute approximate surface area is 242 Å². The van der Waals surface area contributed by atoms with Gasteiger partial charge in [-0.3, -0.25) is 19.6 Å². The van der Waals surface area contributed by atoms with Gasteiger partial charge < -0.3 is 15.5 Å². The van der Waals surface area contributed by atoms with Gasteiger partial charge in [-0.15, -0.1) is 0 Å². The molecule has 0 spiro atoms. The predicted molar refractivity (Wildman–Crippen MR) is 161 cm³/mol. The van der Waals surface area contributed by atoms with Gasteiger partial charge in [0.05, 0.1) is 41.8 Å². The molecule has 1 amide bonds. The van der Waals surface area contributed by atoms with Gasteiger partial charge in [0, 0.05) is 55.6 Å². The van der Waals surface area contributed by atoms with E-state index in [4.69, 9.17) is 5.73 Å². The van der Waals surface area contributed by atoms with Crippen LogP contribution in [0.25, 0.3) is 0 Å². The number of rotatable bonds is 8. The molecule has 0 aliphatic carbocycles. The van der Waals surface area contributed by atoms with Crippen LogP contribution < -0.4 is 15.6 Å². The minimum absolute atomic E-state index is 0.0131. The van der Waals surface area contributed by atoms with Crippen molar-refractivity contribution in [3.63, 3.8) is 0 Å². The number of hydrogen-bond acceptors (Lipinski definition) is 9. The van der Waals surface area contributed by atoms with Crippen LogP contribution in [0.1, 0.15) is 81.5 Å². The Morgan fingerprint density at radius 2 is 1.85 bits per heavy atom. The molecule has 2 N–H and O–H groups in total. The van der Waals surface area contributed by atoms with Crippen LogP contribution in [0.4, 0.5) is 11.4 Å². The van der Waals surface area contributed by atoms with Gasteiger partial charge in [0.25, 0.3) is 5.91 Å². The topological polar surface area (TPSA) is 133 Å². The van der Waals surface area contributed by atoms with Crippen LogP contribution >= 0.6 is 0 Å². The first-order valence-electron chi connectivity index (χ1n) is 14.3. The highest BCUT2D eigenvalue weighted by atomic mass is 16.1. The van der Waals surface area contributed by atoms with E-state index in [-0.39, 0.29) is 29.6 Å². The van der Waals surface area contributed by atoms with E-state index in [1.54, 1.807) is 31.8 Å². The molecule has 0 saturated carbocycles. The summed E-state index contributed by atoms with van der Waals surface area (Å²) in [5, 5.41) is 10.7. The summed E-state index contributed by atoms with van der Waals surface area (Å²) in [6.07, 6.45) is 7.38. The zero-order valence-electron chi connectivity index (χ0n) is 25.3. The van der Waals surface area contributed by atoms with Crippen LogP contribution in [0.2, 0.25) is 0 Å². The smallest absolute Gasteiger partial charge is 0.280 e. The molecular formula is C30H43N9O2. The first kappa shape index (κ1) is 30.2. The Hall–Kier alpha value is -3.73. The number of hydrogen-bond donors (Lipinski definition) is 1. The first-order valence-corrected chi connectivity index (χ1v) is 14.3. The monoisotopic (exact) mass is 561 g/mol. The molecule has 2 aliphatic heterocycles. The molecular weight excluding hydrogens is 518 g/mol. The summed E-state index contributed by atoms with van der Waals surface area (Å²) in [7, 11) is 2.14. The van der Waals surface area contributed by atoms with Crippen LogP contribution in [-0.2, 0) is 4.79 Å². The summed E-state index contributed by atoms with van der Waals surface area (Å²) in [5.41, 5.74) is 9.06. The Kier molecular flexibility index (Phi) is 9.16. The zero-order valence-corrected chi connectivity index (χ0v) is 25.3. The summed E-state index contributed by atoms with van der Waals surface area (Å²) in [6.45, 7) is 14.5. The number of likely N-dealkylation sites (tertiary alicyclic amines) is 1. The van der Waals surface area contributed by atoms with Gasteiger partial charge in [-0.2, -0.15) is 10.1 Å². The summed E-state index contributed by atoms with van der Waals surface area (Å²) >= 11 is 0. The average molecular weight is 562 g/mol. The lowest BCUT2D eigenvalue weighted by molar-refractivity contribution is -0.125. The predicted octanol–water partition coefficient (Wildman–Crippen LogP) is 4.53. The summed E-state index contributed by atoms with van der Waals surface area (Å²) < 4.78 is 0. The molecule has 41 heavy (non-hydrogen) atoms. The standard InChI is InChI=1S/C30H43N9O2/c1-19(2)38-10-8-23(9-11-38)37(7)24-12-21(15-32-17-24)25-18-39(36-35-25)26-13-22(16-33-20(26)3)29(41)34-28(31)14-27(40)30(4,5)6/h12-13,15-17,19,23,25H,8-11,14,18H2,1-7H3,(H2,31,34,41). The van der Waals surface area contributed by atoms with E-state index in [0.717, 1.165) is 37.2 Å². The van der Waals surface area contributed by atoms with Gasteiger partial charge in [-0.1, -0.05) is 26.0 Å². The number of aliphatic imine (C=N–C) groups is 1. The Morgan fingerprint density at radius 1 is 1.15 bits per heavy atom. The third-order valence-electron chi connectivity index (χ3n) is 7.97. The second kappa shape index (κ2) is 12.4. The van der Waals surface area contributed by atoms with Crippen molar-refractivity contribution in [2.45, 2.75) is 78.9 Å². The van der Waals surface area contributed by atoms with Gasteiger partial charge in [0.1, 0.15) is 17.7 Å². The summed E-state index contributed by atoms with van der Waals surface area (Å²) in [5.74, 6) is -0.648. The lowest BCUT2D eigenvalue weighted by atomic mass is 9.89. The number of amides is 1. The van der Waals surface area contributed by atoms with Gasteiger partial charge >= 0.3 is 0 Å². The number of aromatic nitrogens is 2. The van der Waals surface area contributed by atoms with Crippen molar-refractivity contribution in [2.75, 3.05) is 36.6 Å². The molecule has 4 heterocycles. The number of nitrogens with zero attached hydrogens (tertiary/aromatic N) is 8. The summed E-state index contributed by atoms with van der Waals surface area (Å²) in [6, 6.07) is 4.70. The number of Topliss-reactive ketones (excluding diaryl/α,β-unsaturated/α-hetero) is 1. The van der Waals surface area contributed by atoms with Gasteiger partial charge in [-0.05, 0) is 45.7 Å². The maximum Gasteiger partial charge on any atom is 0.280 e. The van der Waals surface area contributed by atoms with Crippen molar-refractivity contribution in [3.8, 4) is 0 Å². The number of ketones is 1. The maximum absolute atomic E-state index is 12.8. The number of carbonyl (C=O) groups is 2. The lowest BCUT2D eigenvalue weighted by Gasteiger charge is -2.39. The van der Waals surface area contributed by atoms with E-state index in [0.29, 0.717) is 30.0 Å². The highest BCUT2D eigenvalue weighted by Gasteiger charge is 2.28. The minimum Gasteiger partial charge on any atom is -0.387 e. The van der Waals surface area contributed by atoms with Crippen LogP contribution in [-0.4, -0.2) is 71.2 Å². The Morgan fingerprint density at radius 3 is 2.51 bits per heavy atom. The normalized spacial score (nSPS) is 18.8. The number of piperidine rings is 1. The molecule has 1 atom stereocenters. The van der Waals surface area contributed by atoms with E-state index in [9.17, 15) is 9.59 Å². The van der Waals surface area contributed by atoms with Gasteiger partial charge in [-0.25, -0.2) is 5.01 Å². The minimum atomic E-state index is -0.561. The lowest BCUT2D eigenvalue weighted by Crippen LogP contribution is -2.45. The second-order valence-electron chi connectivity index (χ2n) is 12.3. The number of nitrogens with two attached hydrogens (primary N) is 1. The van der Waals surface area contributed by atoms with Crippen LogP contribution in [0, 0.1) is 12.3 Å². The number of carbonyl (C=O) groups excluding carboxylic acids is 2. The SMILES string of the molecule is Cc1ncc(C(=O)N=C(N)CC(=O)C(C)(C)C)cc1N1CC(c2cncc(N(C)C3CCN(C(C)C)CC3)c2)N=N1. The molecule has 1 saturated heterocycles. The van der Waals surface area contributed by atoms with Crippen molar-refractivity contribution in [1.29, 1.82) is 0 Å². The fourth-order valence-electron chi connectivity index (χ4n) is 5.06. The Bertz CT molecular complexity index is 1320. The molecule has 2 aromatic heterocycles. The number of anilines is 2. The number of amidine groups is 1. The quantitative estimate of drug-likeness (QED) is 0.367. The van der Waals surface area contributed by atoms with Gasteiger partial charge in [0.15, 0.2) is 0 Å².